The van der Waals surface area contributed by atoms with Gasteiger partial charge < -0.3 is 10.3 Å². The van der Waals surface area contributed by atoms with Gasteiger partial charge in [0.2, 0.25) is 0 Å². The molecule has 0 saturated carbocycles. The molecule has 1 heterocycles. The van der Waals surface area contributed by atoms with E-state index in [9.17, 15) is 0 Å². The van der Waals surface area contributed by atoms with Crippen LogP contribution in [0.25, 0.3) is 0 Å². The van der Waals surface area contributed by atoms with Crippen molar-refractivity contribution in [1.82, 2.24) is 9.55 Å². The van der Waals surface area contributed by atoms with E-state index < -0.39 is 0 Å². The van der Waals surface area contributed by atoms with Gasteiger partial charge in [0.15, 0.2) is 0 Å². The summed E-state index contributed by atoms with van der Waals surface area (Å²) in [5, 5.41) is 0. The smallest absolute Gasteiger partial charge is 0.110 e. The fraction of sp³-hybridized carbons (Fsp3) is 0.357. The number of aryl methyl sites for hydroxylation is 2. The van der Waals surface area contributed by atoms with Gasteiger partial charge in [-0.3, -0.25) is 0 Å². The van der Waals surface area contributed by atoms with E-state index in [0.717, 1.165) is 18.8 Å². The normalized spacial score (nSPS) is 12.6. The fourth-order valence-electron chi connectivity index (χ4n) is 2.13. The monoisotopic (exact) mass is 229 g/mol. The molecule has 0 bridgehead atoms. The Bertz CT molecular complexity index is 488. The molecular weight excluding hydrogens is 210 g/mol. The molecule has 0 aliphatic carbocycles. The number of hydrogen-bond donors (Lipinski definition) is 1. The minimum atomic E-state index is 0.0175. The zero-order valence-corrected chi connectivity index (χ0v) is 10.4. The van der Waals surface area contributed by atoms with Crippen molar-refractivity contribution in [3.05, 3.63) is 53.6 Å². The van der Waals surface area contributed by atoms with E-state index in [0.29, 0.717) is 0 Å². The van der Waals surface area contributed by atoms with Crippen LogP contribution in [0.5, 0.6) is 0 Å². The number of nitrogens with zero attached hydrogens (tertiary/aromatic N) is 2. The van der Waals surface area contributed by atoms with Crippen LogP contribution in [0.4, 0.5) is 0 Å². The zero-order chi connectivity index (χ0) is 12.3. The van der Waals surface area contributed by atoms with Gasteiger partial charge in [-0.15, -0.1) is 0 Å². The van der Waals surface area contributed by atoms with Crippen molar-refractivity contribution < 1.29 is 0 Å². The maximum Gasteiger partial charge on any atom is 0.110 e. The summed E-state index contributed by atoms with van der Waals surface area (Å²) < 4.78 is 2.14. The Morgan fingerprint density at radius 2 is 2.12 bits per heavy atom. The number of imidazole rings is 1. The Labute approximate surface area is 102 Å². The van der Waals surface area contributed by atoms with Crippen LogP contribution in [-0.2, 0) is 13.0 Å². The molecule has 0 aliphatic heterocycles. The summed E-state index contributed by atoms with van der Waals surface area (Å²) in [5.41, 5.74) is 8.71. The van der Waals surface area contributed by atoms with Crippen molar-refractivity contribution in [3.8, 4) is 0 Å². The summed E-state index contributed by atoms with van der Waals surface area (Å²) in [6, 6.07) is 8.29. The molecule has 1 unspecified atom stereocenters. The van der Waals surface area contributed by atoms with E-state index in [1.54, 1.807) is 0 Å². The molecular formula is C14H19N3. The van der Waals surface area contributed by atoms with E-state index in [4.69, 9.17) is 5.73 Å². The number of nitrogens with two attached hydrogens (primary N) is 1. The van der Waals surface area contributed by atoms with Gasteiger partial charge in [-0.05, 0) is 25.0 Å². The van der Waals surface area contributed by atoms with Crippen LogP contribution >= 0.6 is 0 Å². The van der Waals surface area contributed by atoms with E-state index in [2.05, 4.69) is 35.5 Å². The minimum absolute atomic E-state index is 0.0175. The van der Waals surface area contributed by atoms with Crippen LogP contribution in [0.3, 0.4) is 0 Å². The number of aromatic nitrogens is 2. The molecule has 2 rings (SSSR count). The van der Waals surface area contributed by atoms with E-state index in [1.807, 2.05) is 24.5 Å². The van der Waals surface area contributed by atoms with E-state index in [1.165, 1.54) is 11.1 Å². The van der Waals surface area contributed by atoms with Gasteiger partial charge in [0, 0.05) is 31.4 Å². The summed E-state index contributed by atoms with van der Waals surface area (Å²) in [6.07, 6.45) is 4.62. The minimum Gasteiger partial charge on any atom is -0.335 e. The molecule has 0 spiro atoms. The molecule has 3 nitrogen and oxygen atoms in total. The second-order valence-corrected chi connectivity index (χ2v) is 4.30. The zero-order valence-electron chi connectivity index (χ0n) is 10.4. The molecule has 3 heteroatoms. The molecule has 1 aromatic heterocycles. The molecule has 0 amide bonds. The first-order valence-corrected chi connectivity index (χ1v) is 6.03. The summed E-state index contributed by atoms with van der Waals surface area (Å²) >= 11 is 0. The van der Waals surface area contributed by atoms with Crippen molar-refractivity contribution >= 4 is 0 Å². The molecule has 2 aromatic rings. The molecule has 0 aliphatic rings. The molecule has 0 radical (unpaired) electrons. The number of benzene rings is 1. The molecule has 90 valence electrons. The van der Waals surface area contributed by atoms with Crippen LogP contribution in [0.1, 0.15) is 29.9 Å². The van der Waals surface area contributed by atoms with Gasteiger partial charge in [-0.25, -0.2) is 4.98 Å². The van der Waals surface area contributed by atoms with Gasteiger partial charge in [-0.2, -0.15) is 0 Å². The fourth-order valence-corrected chi connectivity index (χ4v) is 2.13. The highest BCUT2D eigenvalue weighted by Gasteiger charge is 2.12. The number of rotatable bonds is 4. The summed E-state index contributed by atoms with van der Waals surface area (Å²) in [5.74, 6) is 1.06. The lowest BCUT2D eigenvalue weighted by atomic mass is 9.99. The van der Waals surface area contributed by atoms with Crippen molar-refractivity contribution in [2.24, 2.45) is 5.73 Å². The van der Waals surface area contributed by atoms with Crippen LogP contribution in [0.2, 0.25) is 0 Å². The molecule has 1 atom stereocenters. The Morgan fingerprint density at radius 1 is 1.35 bits per heavy atom. The first kappa shape index (κ1) is 11.9. The molecule has 0 fully saturated rings. The van der Waals surface area contributed by atoms with Gasteiger partial charge >= 0.3 is 0 Å². The van der Waals surface area contributed by atoms with Gasteiger partial charge in [-0.1, -0.05) is 24.3 Å². The summed E-state index contributed by atoms with van der Waals surface area (Å²) in [7, 11) is 0. The van der Waals surface area contributed by atoms with Crippen LogP contribution < -0.4 is 5.73 Å². The third-order valence-corrected chi connectivity index (χ3v) is 3.13. The highest BCUT2D eigenvalue weighted by Crippen LogP contribution is 2.18. The van der Waals surface area contributed by atoms with E-state index >= 15 is 0 Å². The lowest BCUT2D eigenvalue weighted by Gasteiger charge is -2.15. The van der Waals surface area contributed by atoms with Crippen molar-refractivity contribution in [1.29, 1.82) is 0 Å². The Hall–Kier alpha value is -1.61. The maximum absolute atomic E-state index is 6.26. The summed E-state index contributed by atoms with van der Waals surface area (Å²) in [4.78, 5) is 4.37. The average molecular weight is 229 g/mol. The van der Waals surface area contributed by atoms with Crippen molar-refractivity contribution in [2.75, 3.05) is 0 Å². The second-order valence-electron chi connectivity index (χ2n) is 4.30. The van der Waals surface area contributed by atoms with E-state index in [-0.39, 0.29) is 6.04 Å². The van der Waals surface area contributed by atoms with Crippen molar-refractivity contribution in [3.63, 3.8) is 0 Å². The Morgan fingerprint density at radius 3 is 2.82 bits per heavy atom. The predicted octanol–water partition coefficient (Wildman–Crippen LogP) is 2.45. The third-order valence-electron chi connectivity index (χ3n) is 3.13. The molecule has 17 heavy (non-hydrogen) atoms. The van der Waals surface area contributed by atoms with Crippen LogP contribution in [0.15, 0.2) is 36.7 Å². The van der Waals surface area contributed by atoms with Crippen LogP contribution in [-0.4, -0.2) is 9.55 Å². The highest BCUT2D eigenvalue weighted by atomic mass is 15.1. The molecule has 1 aromatic carbocycles. The first-order valence-electron chi connectivity index (χ1n) is 6.03. The lowest BCUT2D eigenvalue weighted by molar-refractivity contribution is 0.626. The maximum atomic E-state index is 6.26. The van der Waals surface area contributed by atoms with Crippen molar-refractivity contribution in [2.45, 2.75) is 32.9 Å². The standard InChI is InChI=1S/C14H19N3/c1-3-17-9-8-16-14(17)10-13(15)12-7-5-4-6-11(12)2/h4-9,13H,3,10,15H2,1-2H3. The topological polar surface area (TPSA) is 43.8 Å². The largest absolute Gasteiger partial charge is 0.335 e. The van der Waals surface area contributed by atoms with Gasteiger partial charge in [0.05, 0.1) is 0 Å². The SMILES string of the molecule is CCn1ccnc1CC(N)c1ccccc1C. The quantitative estimate of drug-likeness (QED) is 0.875. The summed E-state index contributed by atoms with van der Waals surface area (Å²) in [6.45, 7) is 5.15. The predicted molar refractivity (Wildman–Crippen MR) is 69.7 cm³/mol. The van der Waals surface area contributed by atoms with Gasteiger partial charge in [0.25, 0.3) is 0 Å². The van der Waals surface area contributed by atoms with Gasteiger partial charge in [0.1, 0.15) is 5.82 Å². The Kier molecular flexibility index (Phi) is 3.59. The lowest BCUT2D eigenvalue weighted by Crippen LogP contribution is -2.17. The highest BCUT2D eigenvalue weighted by molar-refractivity contribution is 5.29. The second kappa shape index (κ2) is 5.15. The molecule has 0 saturated heterocycles. The first-order chi connectivity index (χ1) is 8.22. The Balaban J connectivity index is 2.17. The van der Waals surface area contributed by atoms with Crippen LogP contribution in [0, 0.1) is 6.92 Å². The molecule has 2 N–H and O–H groups in total. The average Bonchev–Trinajstić information content (AvgIpc) is 2.76. The third kappa shape index (κ3) is 2.56. The number of hydrogen-bond acceptors (Lipinski definition) is 2.